The van der Waals surface area contributed by atoms with Crippen molar-refractivity contribution in [3.8, 4) is 5.75 Å². The third-order valence-electron chi connectivity index (χ3n) is 2.80. The number of rotatable bonds is 4. The molecular formula is C11H15ClN2O3S. The Hall–Kier alpha value is -0.980. The molecule has 1 fully saturated rings. The van der Waals surface area contributed by atoms with Gasteiger partial charge in [-0.3, -0.25) is 4.72 Å². The maximum Gasteiger partial charge on any atom is 0.301 e. The molecule has 0 aromatic heterocycles. The largest absolute Gasteiger partial charge is 0.495 e. The van der Waals surface area contributed by atoms with Crippen molar-refractivity contribution in [1.82, 2.24) is 4.31 Å². The van der Waals surface area contributed by atoms with Gasteiger partial charge in [-0.05, 0) is 31.0 Å². The molecule has 100 valence electrons. The standard InChI is InChI=1S/C11H15ClN2O3S/c1-17-11-5-4-9(8-10(11)12)13-18(15,16)14-6-2-3-7-14/h4-5,8,13H,2-3,6-7H2,1H3. The molecule has 0 radical (unpaired) electrons. The molecule has 0 aliphatic carbocycles. The molecule has 2 rings (SSSR count). The second kappa shape index (κ2) is 5.34. The third-order valence-corrected chi connectivity index (χ3v) is 4.64. The van der Waals surface area contributed by atoms with Crippen LogP contribution < -0.4 is 9.46 Å². The van der Waals surface area contributed by atoms with Crippen molar-refractivity contribution in [3.05, 3.63) is 23.2 Å². The van der Waals surface area contributed by atoms with E-state index in [-0.39, 0.29) is 0 Å². The number of hydrogen-bond acceptors (Lipinski definition) is 3. The van der Waals surface area contributed by atoms with Crippen LogP contribution in [0.15, 0.2) is 18.2 Å². The molecule has 1 aromatic carbocycles. The number of ether oxygens (including phenoxy) is 1. The summed E-state index contributed by atoms with van der Waals surface area (Å²) in [6.45, 7) is 1.14. The Balaban J connectivity index is 2.16. The van der Waals surface area contributed by atoms with Crippen molar-refractivity contribution in [2.75, 3.05) is 24.9 Å². The summed E-state index contributed by atoms with van der Waals surface area (Å²) in [6.07, 6.45) is 1.81. The van der Waals surface area contributed by atoms with Gasteiger partial charge in [-0.2, -0.15) is 12.7 Å². The normalized spacial score (nSPS) is 16.8. The molecule has 0 amide bonds. The summed E-state index contributed by atoms with van der Waals surface area (Å²) in [5.41, 5.74) is 0.438. The van der Waals surface area contributed by atoms with E-state index >= 15 is 0 Å². The zero-order chi connectivity index (χ0) is 13.2. The first-order valence-corrected chi connectivity index (χ1v) is 7.46. The second-order valence-electron chi connectivity index (χ2n) is 4.06. The highest BCUT2D eigenvalue weighted by Crippen LogP contribution is 2.28. The predicted molar refractivity (Wildman–Crippen MR) is 71.4 cm³/mol. The van der Waals surface area contributed by atoms with Gasteiger partial charge in [0.1, 0.15) is 5.75 Å². The smallest absolute Gasteiger partial charge is 0.301 e. The van der Waals surface area contributed by atoms with Crippen LogP contribution in [0.3, 0.4) is 0 Å². The fourth-order valence-electron chi connectivity index (χ4n) is 1.87. The van der Waals surface area contributed by atoms with Crippen LogP contribution >= 0.6 is 11.6 Å². The average Bonchev–Trinajstić information content (AvgIpc) is 2.82. The van der Waals surface area contributed by atoms with E-state index in [1.165, 1.54) is 17.5 Å². The quantitative estimate of drug-likeness (QED) is 0.924. The lowest BCUT2D eigenvalue weighted by Crippen LogP contribution is -2.33. The summed E-state index contributed by atoms with van der Waals surface area (Å²) in [6, 6.07) is 4.79. The van der Waals surface area contributed by atoms with Crippen LogP contribution in [0.25, 0.3) is 0 Å². The Labute approximate surface area is 112 Å². The summed E-state index contributed by atoms with van der Waals surface area (Å²) in [7, 11) is -1.96. The minimum atomic E-state index is -3.47. The molecule has 1 aliphatic heterocycles. The molecule has 1 heterocycles. The first kappa shape index (κ1) is 13.5. The highest BCUT2D eigenvalue weighted by atomic mass is 35.5. The van der Waals surface area contributed by atoms with Gasteiger partial charge in [0.25, 0.3) is 0 Å². The molecule has 1 N–H and O–H groups in total. The van der Waals surface area contributed by atoms with Crippen molar-refractivity contribution in [1.29, 1.82) is 0 Å². The van der Waals surface area contributed by atoms with Crippen molar-refractivity contribution in [2.24, 2.45) is 0 Å². The van der Waals surface area contributed by atoms with Crippen LogP contribution in [-0.4, -0.2) is 32.9 Å². The molecule has 18 heavy (non-hydrogen) atoms. The molecule has 1 aromatic rings. The zero-order valence-corrected chi connectivity index (χ0v) is 11.6. The average molecular weight is 291 g/mol. The van der Waals surface area contributed by atoms with Crippen LogP contribution in [0.5, 0.6) is 5.75 Å². The van der Waals surface area contributed by atoms with Crippen LogP contribution in [0, 0.1) is 0 Å². The molecule has 0 spiro atoms. The Morgan fingerprint density at radius 1 is 1.33 bits per heavy atom. The lowest BCUT2D eigenvalue weighted by molar-refractivity contribution is 0.415. The van der Waals surface area contributed by atoms with E-state index in [1.807, 2.05) is 0 Å². The first-order valence-electron chi connectivity index (χ1n) is 5.64. The number of benzene rings is 1. The number of nitrogens with one attached hydrogen (secondary N) is 1. The molecule has 0 saturated carbocycles. The summed E-state index contributed by atoms with van der Waals surface area (Å²) < 4.78 is 33.0. The van der Waals surface area contributed by atoms with Crippen molar-refractivity contribution >= 4 is 27.5 Å². The van der Waals surface area contributed by atoms with Gasteiger partial charge in [-0.1, -0.05) is 11.6 Å². The molecular weight excluding hydrogens is 276 g/mol. The number of hydrogen-bond donors (Lipinski definition) is 1. The summed E-state index contributed by atoms with van der Waals surface area (Å²) in [5, 5.41) is 0.374. The third kappa shape index (κ3) is 2.88. The van der Waals surface area contributed by atoms with Gasteiger partial charge in [-0.25, -0.2) is 0 Å². The Bertz CT molecular complexity index is 527. The number of nitrogens with zero attached hydrogens (tertiary/aromatic N) is 1. The molecule has 7 heteroatoms. The highest BCUT2D eigenvalue weighted by Gasteiger charge is 2.25. The highest BCUT2D eigenvalue weighted by molar-refractivity contribution is 7.90. The topological polar surface area (TPSA) is 58.6 Å². The number of anilines is 1. The minimum absolute atomic E-state index is 0.374. The monoisotopic (exact) mass is 290 g/mol. The van der Waals surface area contributed by atoms with Crippen LogP contribution in [-0.2, 0) is 10.2 Å². The van der Waals surface area contributed by atoms with E-state index in [9.17, 15) is 8.42 Å². The van der Waals surface area contributed by atoms with E-state index < -0.39 is 10.2 Å². The summed E-state index contributed by atoms with van der Waals surface area (Å²) in [4.78, 5) is 0. The van der Waals surface area contributed by atoms with Crippen LogP contribution in [0.4, 0.5) is 5.69 Å². The molecule has 1 aliphatic rings. The van der Waals surface area contributed by atoms with Gasteiger partial charge in [0, 0.05) is 13.1 Å². The van der Waals surface area contributed by atoms with E-state index in [0.29, 0.717) is 29.5 Å². The van der Waals surface area contributed by atoms with E-state index in [1.54, 1.807) is 12.1 Å². The second-order valence-corrected chi connectivity index (χ2v) is 6.14. The van der Waals surface area contributed by atoms with Gasteiger partial charge in [0.15, 0.2) is 0 Å². The van der Waals surface area contributed by atoms with Crippen molar-refractivity contribution in [3.63, 3.8) is 0 Å². The first-order chi connectivity index (χ1) is 8.53. The van der Waals surface area contributed by atoms with Crippen LogP contribution in [0.2, 0.25) is 5.02 Å². The summed E-state index contributed by atoms with van der Waals surface area (Å²) in [5.74, 6) is 0.515. The minimum Gasteiger partial charge on any atom is -0.495 e. The molecule has 1 saturated heterocycles. The lowest BCUT2D eigenvalue weighted by atomic mass is 10.3. The van der Waals surface area contributed by atoms with Gasteiger partial charge in [0.2, 0.25) is 0 Å². The maximum atomic E-state index is 12.0. The summed E-state index contributed by atoms with van der Waals surface area (Å²) >= 11 is 5.94. The Morgan fingerprint density at radius 3 is 2.56 bits per heavy atom. The van der Waals surface area contributed by atoms with Gasteiger partial charge in [0.05, 0.1) is 17.8 Å². The van der Waals surface area contributed by atoms with E-state index in [0.717, 1.165) is 12.8 Å². The molecule has 5 nitrogen and oxygen atoms in total. The van der Waals surface area contributed by atoms with E-state index in [2.05, 4.69) is 4.72 Å². The predicted octanol–water partition coefficient (Wildman–Crippen LogP) is 2.10. The molecule has 0 atom stereocenters. The number of halogens is 1. The maximum absolute atomic E-state index is 12.0. The fourth-order valence-corrected chi connectivity index (χ4v) is 3.42. The lowest BCUT2D eigenvalue weighted by Gasteiger charge is -2.17. The van der Waals surface area contributed by atoms with Crippen LogP contribution in [0.1, 0.15) is 12.8 Å². The SMILES string of the molecule is COc1ccc(NS(=O)(=O)N2CCCC2)cc1Cl. The van der Waals surface area contributed by atoms with E-state index in [4.69, 9.17) is 16.3 Å². The molecule has 0 bridgehead atoms. The zero-order valence-electron chi connectivity index (χ0n) is 10.0. The van der Waals surface area contributed by atoms with Gasteiger partial charge in [-0.15, -0.1) is 0 Å². The Kier molecular flexibility index (Phi) is 3.99. The van der Waals surface area contributed by atoms with Crippen molar-refractivity contribution < 1.29 is 13.2 Å². The van der Waals surface area contributed by atoms with Crippen molar-refractivity contribution in [2.45, 2.75) is 12.8 Å². The molecule has 0 unspecified atom stereocenters. The van der Waals surface area contributed by atoms with Gasteiger partial charge >= 0.3 is 10.2 Å². The Morgan fingerprint density at radius 2 is 2.00 bits per heavy atom. The van der Waals surface area contributed by atoms with Gasteiger partial charge < -0.3 is 4.74 Å². The fraction of sp³-hybridized carbons (Fsp3) is 0.455. The number of methoxy groups -OCH3 is 1.